The van der Waals surface area contributed by atoms with Gasteiger partial charge in [0.1, 0.15) is 12.5 Å². The van der Waals surface area contributed by atoms with Crippen LogP contribution in [-0.2, 0) is 9.53 Å². The number of rotatable bonds is 4. The summed E-state index contributed by atoms with van der Waals surface area (Å²) < 4.78 is 4.85. The molecule has 0 aliphatic carbocycles. The van der Waals surface area contributed by atoms with Gasteiger partial charge in [-0.1, -0.05) is 0 Å². The fourth-order valence-corrected chi connectivity index (χ4v) is 0.478. The number of ether oxygens (including phenoxy) is 1. The molecule has 54 valence electrons. The summed E-state index contributed by atoms with van der Waals surface area (Å²) in [7, 11) is 1.59. The molecule has 0 saturated carbocycles. The van der Waals surface area contributed by atoms with Crippen LogP contribution in [0, 0.1) is 0 Å². The van der Waals surface area contributed by atoms with Crippen LogP contribution in [0.3, 0.4) is 0 Å². The Morgan fingerprint density at radius 1 is 1.56 bits per heavy atom. The van der Waals surface area contributed by atoms with E-state index in [0.29, 0.717) is 0 Å². The van der Waals surface area contributed by atoms with E-state index in [1.165, 1.54) is 0 Å². The highest BCUT2D eigenvalue weighted by Gasteiger charge is 2.02. The Hall–Kier alpha value is -0.410. The van der Waals surface area contributed by atoms with Gasteiger partial charge < -0.3 is 9.53 Å². The second-order valence-electron chi connectivity index (χ2n) is 1.97. The summed E-state index contributed by atoms with van der Waals surface area (Å²) in [6.45, 7) is 3.63. The molecule has 0 aromatic heterocycles. The van der Waals surface area contributed by atoms with Crippen molar-refractivity contribution in [2.24, 2.45) is 0 Å². The van der Waals surface area contributed by atoms with E-state index >= 15 is 0 Å². The summed E-state index contributed by atoms with van der Waals surface area (Å²) in [6, 6.07) is -0.125. The van der Waals surface area contributed by atoms with Crippen LogP contribution in [0.1, 0.15) is 13.8 Å². The first-order valence-corrected chi connectivity index (χ1v) is 2.95. The highest BCUT2D eigenvalue weighted by atomic mass is 16.5. The molecule has 3 nitrogen and oxygen atoms in total. The first-order chi connectivity index (χ1) is 4.20. The van der Waals surface area contributed by atoms with Crippen LogP contribution in [0.5, 0.6) is 0 Å². The molecule has 0 aromatic rings. The van der Waals surface area contributed by atoms with Gasteiger partial charge in [0.25, 0.3) is 0 Å². The number of carbonyl (C=O) groups excluding carboxylic acids is 1. The van der Waals surface area contributed by atoms with Gasteiger partial charge in [-0.3, -0.25) is 5.32 Å². The van der Waals surface area contributed by atoms with Crippen molar-refractivity contribution in [2.75, 3.05) is 7.11 Å². The monoisotopic (exact) mass is 131 g/mol. The first kappa shape index (κ1) is 8.59. The van der Waals surface area contributed by atoms with E-state index in [2.05, 4.69) is 5.32 Å². The van der Waals surface area contributed by atoms with Crippen molar-refractivity contribution in [3.63, 3.8) is 0 Å². The fourth-order valence-electron chi connectivity index (χ4n) is 0.478. The Labute approximate surface area is 55.4 Å². The number of methoxy groups -OCH3 is 1. The Morgan fingerprint density at radius 2 is 2.11 bits per heavy atom. The van der Waals surface area contributed by atoms with Gasteiger partial charge in [0.15, 0.2) is 0 Å². The molecule has 0 bridgehead atoms. The number of carbonyl (C=O) groups is 1. The zero-order valence-corrected chi connectivity index (χ0v) is 6.05. The molecular weight excluding hydrogens is 118 g/mol. The third kappa shape index (κ3) is 4.12. The number of hydrogen-bond acceptors (Lipinski definition) is 3. The largest absolute Gasteiger partial charge is 0.367 e. The van der Waals surface area contributed by atoms with Crippen LogP contribution in [0.15, 0.2) is 0 Å². The second-order valence-corrected chi connectivity index (χ2v) is 1.97. The minimum atomic E-state index is -0.125. The first-order valence-electron chi connectivity index (χ1n) is 2.95. The van der Waals surface area contributed by atoms with Gasteiger partial charge in [-0.2, -0.15) is 0 Å². The van der Waals surface area contributed by atoms with Crippen molar-refractivity contribution < 1.29 is 9.53 Å². The molecular formula is C6H13NO2. The third-order valence-corrected chi connectivity index (χ3v) is 1.06. The van der Waals surface area contributed by atoms with Gasteiger partial charge in [-0.05, 0) is 13.8 Å². The molecule has 0 aromatic carbocycles. The zero-order chi connectivity index (χ0) is 7.28. The van der Waals surface area contributed by atoms with Crippen LogP contribution in [-0.4, -0.2) is 25.7 Å². The molecule has 0 fully saturated rings. The summed E-state index contributed by atoms with van der Waals surface area (Å²) >= 11 is 0. The molecule has 0 amide bonds. The topological polar surface area (TPSA) is 38.3 Å². The van der Waals surface area contributed by atoms with Crippen molar-refractivity contribution in [2.45, 2.75) is 26.1 Å². The highest BCUT2D eigenvalue weighted by molar-refractivity contribution is 5.56. The number of aldehydes is 1. The normalized spacial score (nSPS) is 16.8. The zero-order valence-electron chi connectivity index (χ0n) is 6.05. The average Bonchev–Trinajstić information content (AvgIpc) is 1.87. The molecule has 0 saturated heterocycles. The highest BCUT2D eigenvalue weighted by Crippen LogP contribution is 1.83. The van der Waals surface area contributed by atoms with Crippen molar-refractivity contribution in [1.29, 1.82) is 0 Å². The second kappa shape index (κ2) is 4.47. The van der Waals surface area contributed by atoms with Gasteiger partial charge in [-0.25, -0.2) is 0 Å². The maximum atomic E-state index is 10.0. The third-order valence-electron chi connectivity index (χ3n) is 1.06. The van der Waals surface area contributed by atoms with Crippen LogP contribution in [0.25, 0.3) is 0 Å². The van der Waals surface area contributed by atoms with E-state index in [4.69, 9.17) is 4.74 Å². The Kier molecular flexibility index (Phi) is 4.26. The molecule has 0 aliphatic rings. The van der Waals surface area contributed by atoms with Gasteiger partial charge >= 0.3 is 0 Å². The lowest BCUT2D eigenvalue weighted by Crippen LogP contribution is -2.36. The minimum Gasteiger partial charge on any atom is -0.367 e. The van der Waals surface area contributed by atoms with Crippen molar-refractivity contribution in [3.8, 4) is 0 Å². The summed E-state index contributed by atoms with van der Waals surface area (Å²) in [5.74, 6) is 0. The van der Waals surface area contributed by atoms with Gasteiger partial charge in [-0.15, -0.1) is 0 Å². The lowest BCUT2D eigenvalue weighted by atomic mass is 10.4. The Bertz CT molecular complexity index is 85.1. The Morgan fingerprint density at radius 3 is 2.44 bits per heavy atom. The number of nitrogens with one attached hydrogen (secondary N) is 1. The maximum absolute atomic E-state index is 10.0. The minimum absolute atomic E-state index is 0.0507. The van der Waals surface area contributed by atoms with Crippen LogP contribution < -0.4 is 5.32 Å². The van der Waals surface area contributed by atoms with E-state index in [-0.39, 0.29) is 12.3 Å². The molecule has 0 radical (unpaired) electrons. The van der Waals surface area contributed by atoms with Crippen LogP contribution in [0.4, 0.5) is 0 Å². The average molecular weight is 131 g/mol. The molecule has 0 aliphatic heterocycles. The van der Waals surface area contributed by atoms with E-state index in [1.807, 2.05) is 6.92 Å². The van der Waals surface area contributed by atoms with Gasteiger partial charge in [0.2, 0.25) is 0 Å². The molecule has 2 atom stereocenters. The molecule has 0 rings (SSSR count). The predicted molar refractivity (Wildman–Crippen MR) is 35.1 cm³/mol. The molecule has 9 heavy (non-hydrogen) atoms. The summed E-state index contributed by atoms with van der Waals surface area (Å²) in [5, 5.41) is 2.89. The SMILES string of the molecule is COC(C)NC(C)C=O. The van der Waals surface area contributed by atoms with E-state index in [0.717, 1.165) is 6.29 Å². The molecule has 0 heterocycles. The van der Waals surface area contributed by atoms with Crippen molar-refractivity contribution in [3.05, 3.63) is 0 Å². The van der Waals surface area contributed by atoms with Crippen LogP contribution >= 0.6 is 0 Å². The molecule has 0 spiro atoms. The van der Waals surface area contributed by atoms with E-state index in [9.17, 15) is 4.79 Å². The molecule has 2 unspecified atom stereocenters. The summed E-state index contributed by atoms with van der Waals surface area (Å²) in [5.41, 5.74) is 0. The van der Waals surface area contributed by atoms with E-state index < -0.39 is 0 Å². The molecule has 3 heteroatoms. The predicted octanol–water partition coefficient (Wildman–Crippen LogP) is 0.156. The lowest BCUT2D eigenvalue weighted by Gasteiger charge is -2.13. The Balaban J connectivity index is 3.33. The summed E-state index contributed by atoms with van der Waals surface area (Å²) in [4.78, 5) is 10.0. The fraction of sp³-hybridized carbons (Fsp3) is 0.833. The van der Waals surface area contributed by atoms with Gasteiger partial charge in [0.05, 0.1) is 6.04 Å². The smallest absolute Gasteiger partial charge is 0.136 e. The molecule has 1 N–H and O–H groups in total. The quantitative estimate of drug-likeness (QED) is 0.436. The van der Waals surface area contributed by atoms with Crippen molar-refractivity contribution in [1.82, 2.24) is 5.32 Å². The maximum Gasteiger partial charge on any atom is 0.136 e. The van der Waals surface area contributed by atoms with Gasteiger partial charge in [0, 0.05) is 7.11 Å². The summed E-state index contributed by atoms with van der Waals surface area (Å²) in [6.07, 6.45) is 0.792. The lowest BCUT2D eigenvalue weighted by molar-refractivity contribution is -0.110. The van der Waals surface area contributed by atoms with Crippen LogP contribution in [0.2, 0.25) is 0 Å². The van der Waals surface area contributed by atoms with E-state index in [1.54, 1.807) is 14.0 Å². The number of hydrogen-bond donors (Lipinski definition) is 1. The van der Waals surface area contributed by atoms with Crippen molar-refractivity contribution >= 4 is 6.29 Å². The standard InChI is InChI=1S/C6H13NO2/c1-5(4-8)7-6(2)9-3/h4-7H,1-3H3.